The van der Waals surface area contributed by atoms with Gasteiger partial charge in [0.15, 0.2) is 0 Å². The number of carbonyl (C=O) groups excluding carboxylic acids is 1. The van der Waals surface area contributed by atoms with Gasteiger partial charge in [-0.15, -0.1) is 0 Å². The fraction of sp³-hybridized carbons (Fsp3) is 0.185. The monoisotopic (exact) mass is 508 g/mol. The Morgan fingerprint density at radius 2 is 1.80 bits per heavy atom. The van der Waals surface area contributed by atoms with Crippen LogP contribution >= 0.6 is 23.2 Å². The standard InChI is InChI=1S/C27H22Cl2N2O4/c28-24-11-8-21(14-25(24)29)26(32)33-15-23-16-34-27(35-23,17-31-13-12-30-18-31)22-9-6-20(7-10-22)19-4-2-1-3-5-19/h1-14,18,23H,15-17H2/t23-,27-/m0/s1. The number of hydrogen-bond acceptors (Lipinski definition) is 5. The number of nitrogens with zero attached hydrogens (tertiary/aromatic N) is 2. The van der Waals surface area contributed by atoms with Crippen LogP contribution < -0.4 is 0 Å². The van der Waals surface area contributed by atoms with Crippen LogP contribution in [-0.4, -0.2) is 34.8 Å². The van der Waals surface area contributed by atoms with Crippen LogP contribution in [0.5, 0.6) is 0 Å². The zero-order chi connectivity index (χ0) is 24.3. The number of rotatable bonds is 7. The van der Waals surface area contributed by atoms with Crippen molar-refractivity contribution < 1.29 is 19.0 Å². The topological polar surface area (TPSA) is 62.6 Å². The molecule has 0 spiro atoms. The fourth-order valence-electron chi connectivity index (χ4n) is 4.02. The Hall–Kier alpha value is -3.16. The van der Waals surface area contributed by atoms with Gasteiger partial charge in [-0.25, -0.2) is 9.78 Å². The van der Waals surface area contributed by atoms with Crippen LogP contribution in [0.3, 0.4) is 0 Å². The van der Waals surface area contributed by atoms with Gasteiger partial charge in [0, 0.05) is 18.0 Å². The van der Waals surface area contributed by atoms with Crippen LogP contribution in [-0.2, 0) is 26.5 Å². The number of ether oxygens (including phenoxy) is 3. The third-order valence-corrected chi connectivity index (χ3v) is 6.54. The van der Waals surface area contributed by atoms with Crippen molar-refractivity contribution in [3.05, 3.63) is 113 Å². The Labute approximate surface area is 213 Å². The molecule has 35 heavy (non-hydrogen) atoms. The molecular weight excluding hydrogens is 487 g/mol. The number of esters is 1. The molecule has 8 heteroatoms. The molecule has 0 N–H and O–H groups in total. The molecule has 1 fully saturated rings. The van der Waals surface area contributed by atoms with Crippen LogP contribution in [0.4, 0.5) is 0 Å². The van der Waals surface area contributed by atoms with E-state index in [1.165, 1.54) is 6.07 Å². The smallest absolute Gasteiger partial charge is 0.338 e. The van der Waals surface area contributed by atoms with E-state index in [9.17, 15) is 4.79 Å². The lowest BCUT2D eigenvalue weighted by molar-refractivity contribution is -0.190. The third kappa shape index (κ3) is 5.26. The van der Waals surface area contributed by atoms with Crippen LogP contribution in [0.25, 0.3) is 11.1 Å². The van der Waals surface area contributed by atoms with Gasteiger partial charge in [-0.2, -0.15) is 0 Å². The van der Waals surface area contributed by atoms with E-state index in [0.29, 0.717) is 22.2 Å². The first-order valence-corrected chi connectivity index (χ1v) is 11.8. The summed E-state index contributed by atoms with van der Waals surface area (Å²) in [5.74, 6) is -1.55. The largest absolute Gasteiger partial charge is 0.459 e. The van der Waals surface area contributed by atoms with Crippen molar-refractivity contribution in [3.8, 4) is 11.1 Å². The van der Waals surface area contributed by atoms with Crippen molar-refractivity contribution in [1.29, 1.82) is 0 Å². The molecule has 0 amide bonds. The van der Waals surface area contributed by atoms with E-state index in [4.69, 9.17) is 37.4 Å². The van der Waals surface area contributed by atoms with Gasteiger partial charge in [-0.3, -0.25) is 0 Å². The van der Waals surface area contributed by atoms with Crippen LogP contribution in [0.15, 0.2) is 91.5 Å². The Balaban J connectivity index is 1.32. The predicted molar refractivity (Wildman–Crippen MR) is 133 cm³/mol. The van der Waals surface area contributed by atoms with Gasteiger partial charge >= 0.3 is 5.97 Å². The molecule has 1 aliphatic heterocycles. The maximum Gasteiger partial charge on any atom is 0.338 e. The Morgan fingerprint density at radius 3 is 2.51 bits per heavy atom. The van der Waals surface area contributed by atoms with Crippen LogP contribution in [0, 0.1) is 0 Å². The molecule has 6 nitrogen and oxygen atoms in total. The highest BCUT2D eigenvalue weighted by Crippen LogP contribution is 2.37. The van der Waals surface area contributed by atoms with E-state index >= 15 is 0 Å². The first kappa shape index (κ1) is 23.6. The van der Waals surface area contributed by atoms with Crippen molar-refractivity contribution in [2.24, 2.45) is 0 Å². The number of carbonyl (C=O) groups is 1. The van der Waals surface area contributed by atoms with Gasteiger partial charge in [0.1, 0.15) is 12.7 Å². The van der Waals surface area contributed by atoms with Crippen molar-refractivity contribution in [3.63, 3.8) is 0 Å². The van der Waals surface area contributed by atoms with Gasteiger partial charge < -0.3 is 18.8 Å². The lowest BCUT2D eigenvalue weighted by Crippen LogP contribution is -2.34. The Kier molecular flexibility index (Phi) is 6.88. The van der Waals surface area contributed by atoms with Crippen molar-refractivity contribution in [1.82, 2.24) is 9.55 Å². The molecule has 1 aromatic heterocycles. The lowest BCUT2D eigenvalue weighted by atomic mass is 10.00. The van der Waals surface area contributed by atoms with Gasteiger partial charge in [0.2, 0.25) is 5.79 Å². The molecule has 1 aliphatic rings. The van der Waals surface area contributed by atoms with Gasteiger partial charge in [-0.05, 0) is 29.3 Å². The quantitative estimate of drug-likeness (QED) is 0.287. The van der Waals surface area contributed by atoms with E-state index in [2.05, 4.69) is 17.1 Å². The molecule has 2 atom stereocenters. The summed E-state index contributed by atoms with van der Waals surface area (Å²) in [6.07, 6.45) is 4.83. The molecule has 0 saturated carbocycles. The predicted octanol–water partition coefficient (Wildman–Crippen LogP) is 5.98. The number of hydrogen-bond donors (Lipinski definition) is 0. The average Bonchev–Trinajstić information content (AvgIpc) is 3.56. The second-order valence-corrected chi connectivity index (χ2v) is 9.02. The molecule has 0 bridgehead atoms. The van der Waals surface area contributed by atoms with Crippen molar-refractivity contribution in [2.45, 2.75) is 18.4 Å². The summed E-state index contributed by atoms with van der Waals surface area (Å²) in [6, 6.07) is 22.9. The first-order chi connectivity index (χ1) is 17.0. The maximum absolute atomic E-state index is 12.5. The highest BCUT2D eigenvalue weighted by Gasteiger charge is 2.44. The summed E-state index contributed by atoms with van der Waals surface area (Å²) in [5.41, 5.74) is 3.41. The third-order valence-electron chi connectivity index (χ3n) is 5.80. The van der Waals surface area contributed by atoms with Crippen LogP contribution in [0.1, 0.15) is 15.9 Å². The fourth-order valence-corrected chi connectivity index (χ4v) is 4.31. The maximum atomic E-state index is 12.5. The highest BCUT2D eigenvalue weighted by atomic mass is 35.5. The zero-order valence-electron chi connectivity index (χ0n) is 18.6. The minimum Gasteiger partial charge on any atom is -0.459 e. The molecule has 178 valence electrons. The number of aromatic nitrogens is 2. The molecule has 0 aliphatic carbocycles. The van der Waals surface area contributed by atoms with Gasteiger partial charge in [-0.1, -0.05) is 77.8 Å². The molecule has 2 heterocycles. The minimum atomic E-state index is -1.05. The highest BCUT2D eigenvalue weighted by molar-refractivity contribution is 6.42. The molecule has 0 unspecified atom stereocenters. The van der Waals surface area contributed by atoms with E-state index in [1.807, 2.05) is 53.2 Å². The summed E-state index contributed by atoms with van der Waals surface area (Å²) >= 11 is 11.9. The van der Waals surface area contributed by atoms with E-state index < -0.39 is 17.9 Å². The molecule has 3 aromatic carbocycles. The second kappa shape index (κ2) is 10.2. The first-order valence-electron chi connectivity index (χ1n) is 11.1. The van der Waals surface area contributed by atoms with Gasteiger partial charge in [0.05, 0.1) is 35.1 Å². The second-order valence-electron chi connectivity index (χ2n) is 8.21. The van der Waals surface area contributed by atoms with Crippen LogP contribution in [0.2, 0.25) is 10.0 Å². The van der Waals surface area contributed by atoms with Crippen molar-refractivity contribution in [2.75, 3.05) is 13.2 Å². The summed E-state index contributed by atoms with van der Waals surface area (Å²) in [5, 5.41) is 0.665. The molecule has 0 radical (unpaired) electrons. The number of imidazole rings is 1. The molecular formula is C27H22Cl2N2O4. The zero-order valence-corrected chi connectivity index (χ0v) is 20.2. The summed E-state index contributed by atoms with van der Waals surface area (Å²) < 4.78 is 20.0. The Bertz CT molecular complexity index is 1300. The van der Waals surface area contributed by atoms with E-state index in [-0.39, 0.29) is 13.2 Å². The molecule has 5 rings (SSSR count). The number of halogens is 2. The molecule has 1 saturated heterocycles. The summed E-state index contributed by atoms with van der Waals surface area (Å²) in [6.45, 7) is 0.700. The SMILES string of the molecule is O=C(OC[C@H]1CO[C@](Cn2ccnc2)(c2ccc(-c3ccccc3)cc2)O1)c1ccc(Cl)c(Cl)c1. The normalized spacial score (nSPS) is 19.5. The van der Waals surface area contributed by atoms with E-state index in [0.717, 1.165) is 16.7 Å². The van der Waals surface area contributed by atoms with E-state index in [1.54, 1.807) is 24.7 Å². The molecule has 4 aromatic rings. The average molecular weight is 509 g/mol. The Morgan fingerprint density at radius 1 is 1.03 bits per heavy atom. The number of benzene rings is 3. The lowest BCUT2D eigenvalue weighted by Gasteiger charge is -2.29. The minimum absolute atomic E-state index is 0.0346. The summed E-state index contributed by atoms with van der Waals surface area (Å²) in [7, 11) is 0. The van der Waals surface area contributed by atoms with Crippen molar-refractivity contribution >= 4 is 29.2 Å². The van der Waals surface area contributed by atoms with Gasteiger partial charge in [0.25, 0.3) is 0 Å². The summed E-state index contributed by atoms with van der Waals surface area (Å²) in [4.78, 5) is 16.6.